The molecule has 1 aliphatic heterocycles. The second-order valence-electron chi connectivity index (χ2n) is 6.63. The zero-order valence-corrected chi connectivity index (χ0v) is 17.4. The summed E-state index contributed by atoms with van der Waals surface area (Å²) >= 11 is 0. The number of nitrogens with zero attached hydrogens (tertiary/aromatic N) is 1. The lowest BCUT2D eigenvalue weighted by molar-refractivity contribution is -0.126. The first-order valence-corrected chi connectivity index (χ1v) is 10.9. The van der Waals surface area contributed by atoms with Gasteiger partial charge in [-0.05, 0) is 43.5 Å². The summed E-state index contributed by atoms with van der Waals surface area (Å²) in [6, 6.07) is 6.30. The summed E-state index contributed by atoms with van der Waals surface area (Å²) in [4.78, 5) is 12.6. The average Bonchev–Trinajstić information content (AvgIpc) is 2.73. The quantitative estimate of drug-likeness (QED) is 0.548. The van der Waals surface area contributed by atoms with Gasteiger partial charge in [-0.15, -0.1) is 0 Å². The molecule has 1 amide bonds. The molecule has 1 aromatic carbocycles. The Balaban J connectivity index is 1.84. The third-order valence-electron chi connectivity index (χ3n) is 4.65. The van der Waals surface area contributed by atoms with Gasteiger partial charge in [0.2, 0.25) is 15.9 Å². The summed E-state index contributed by atoms with van der Waals surface area (Å²) < 4.78 is 42.5. The second kappa shape index (κ2) is 11.4. The fourth-order valence-corrected chi connectivity index (χ4v) is 4.57. The fourth-order valence-electron chi connectivity index (χ4n) is 3.05. The summed E-state index contributed by atoms with van der Waals surface area (Å²) in [5.74, 6) is 0.156. The van der Waals surface area contributed by atoms with Crippen LogP contribution in [0.25, 0.3) is 0 Å². The van der Waals surface area contributed by atoms with Crippen molar-refractivity contribution in [2.24, 2.45) is 5.92 Å². The minimum absolute atomic E-state index is 0.105. The second-order valence-corrected chi connectivity index (χ2v) is 8.57. The molecule has 1 fully saturated rings. The Morgan fingerprint density at radius 2 is 1.93 bits per heavy atom. The Morgan fingerprint density at radius 1 is 1.18 bits per heavy atom. The van der Waals surface area contributed by atoms with Gasteiger partial charge in [-0.2, -0.15) is 4.31 Å². The Morgan fingerprint density at radius 3 is 2.61 bits per heavy atom. The molecule has 1 unspecified atom stereocenters. The lowest BCUT2D eigenvalue weighted by Crippen LogP contribution is -2.45. The van der Waals surface area contributed by atoms with E-state index < -0.39 is 10.0 Å². The van der Waals surface area contributed by atoms with Gasteiger partial charge < -0.3 is 19.5 Å². The molecule has 0 radical (unpaired) electrons. The van der Waals surface area contributed by atoms with E-state index in [2.05, 4.69) is 5.32 Å². The molecule has 1 heterocycles. The van der Waals surface area contributed by atoms with Crippen LogP contribution >= 0.6 is 0 Å². The van der Waals surface area contributed by atoms with E-state index in [0.29, 0.717) is 57.9 Å². The van der Waals surface area contributed by atoms with Crippen LogP contribution in [0.1, 0.15) is 19.3 Å². The standard InChI is InChI=1S/C19H30N2O6S/c1-25-13-14-27-12-4-10-20-19(22)16-5-3-11-21(15-16)28(23,24)18-8-6-17(26-2)7-9-18/h6-9,16H,3-5,10-15H2,1-2H3,(H,20,22). The highest BCUT2D eigenvalue weighted by atomic mass is 32.2. The third kappa shape index (κ3) is 6.44. The van der Waals surface area contributed by atoms with Gasteiger partial charge in [0, 0.05) is 33.4 Å². The molecule has 1 aliphatic rings. The van der Waals surface area contributed by atoms with Gasteiger partial charge in [-0.25, -0.2) is 8.42 Å². The molecule has 8 nitrogen and oxygen atoms in total. The van der Waals surface area contributed by atoms with Crippen LogP contribution < -0.4 is 10.1 Å². The number of rotatable bonds is 11. The molecule has 28 heavy (non-hydrogen) atoms. The fraction of sp³-hybridized carbons (Fsp3) is 0.632. The van der Waals surface area contributed by atoms with E-state index in [1.54, 1.807) is 19.2 Å². The highest BCUT2D eigenvalue weighted by molar-refractivity contribution is 7.89. The Labute approximate surface area is 167 Å². The predicted octanol–water partition coefficient (Wildman–Crippen LogP) is 1.27. The molecule has 0 aromatic heterocycles. The van der Waals surface area contributed by atoms with Gasteiger partial charge in [0.25, 0.3) is 0 Å². The molecule has 1 aromatic rings. The smallest absolute Gasteiger partial charge is 0.243 e. The molecule has 0 saturated carbocycles. The molecular weight excluding hydrogens is 384 g/mol. The molecule has 0 spiro atoms. The topological polar surface area (TPSA) is 94.2 Å². The van der Waals surface area contributed by atoms with Crippen molar-refractivity contribution in [3.05, 3.63) is 24.3 Å². The van der Waals surface area contributed by atoms with Crippen molar-refractivity contribution in [1.82, 2.24) is 9.62 Å². The lowest BCUT2D eigenvalue weighted by Gasteiger charge is -2.31. The molecule has 1 N–H and O–H groups in total. The van der Waals surface area contributed by atoms with E-state index in [1.165, 1.54) is 23.5 Å². The number of sulfonamides is 1. The van der Waals surface area contributed by atoms with Crippen molar-refractivity contribution >= 4 is 15.9 Å². The summed E-state index contributed by atoms with van der Waals surface area (Å²) in [5.41, 5.74) is 0. The van der Waals surface area contributed by atoms with Gasteiger partial charge in [0.1, 0.15) is 5.75 Å². The zero-order valence-electron chi connectivity index (χ0n) is 16.6. The van der Waals surface area contributed by atoms with Crippen LogP contribution in [0.15, 0.2) is 29.2 Å². The number of carbonyl (C=O) groups excluding carboxylic acids is 1. The number of hydrogen-bond donors (Lipinski definition) is 1. The number of amides is 1. The Bertz CT molecular complexity index is 708. The SMILES string of the molecule is COCCOCCCNC(=O)C1CCCN(S(=O)(=O)c2ccc(OC)cc2)C1. The molecule has 0 bridgehead atoms. The van der Waals surface area contributed by atoms with Gasteiger partial charge in [0.05, 0.1) is 31.1 Å². The van der Waals surface area contributed by atoms with Gasteiger partial charge >= 0.3 is 0 Å². The van der Waals surface area contributed by atoms with Gasteiger partial charge in [-0.3, -0.25) is 4.79 Å². The van der Waals surface area contributed by atoms with Crippen molar-refractivity contribution in [3.63, 3.8) is 0 Å². The van der Waals surface area contributed by atoms with E-state index in [4.69, 9.17) is 14.2 Å². The highest BCUT2D eigenvalue weighted by Gasteiger charge is 2.33. The summed E-state index contributed by atoms with van der Waals surface area (Å²) in [6.07, 6.45) is 2.05. The van der Waals surface area contributed by atoms with Crippen LogP contribution in [0.3, 0.4) is 0 Å². The minimum Gasteiger partial charge on any atom is -0.497 e. The lowest BCUT2D eigenvalue weighted by atomic mass is 9.99. The number of nitrogens with one attached hydrogen (secondary N) is 1. The molecule has 1 saturated heterocycles. The molecule has 0 aliphatic carbocycles. The monoisotopic (exact) mass is 414 g/mol. The minimum atomic E-state index is -3.63. The number of ether oxygens (including phenoxy) is 3. The largest absolute Gasteiger partial charge is 0.497 e. The van der Waals surface area contributed by atoms with E-state index >= 15 is 0 Å². The van der Waals surface area contributed by atoms with E-state index in [0.717, 1.165) is 0 Å². The first-order chi connectivity index (χ1) is 13.5. The molecule has 2 rings (SSSR count). The van der Waals surface area contributed by atoms with Crippen LogP contribution in [-0.4, -0.2) is 72.3 Å². The number of piperidine rings is 1. The maximum Gasteiger partial charge on any atom is 0.243 e. The van der Waals surface area contributed by atoms with Gasteiger partial charge in [0.15, 0.2) is 0 Å². The van der Waals surface area contributed by atoms with Crippen molar-refractivity contribution in [2.45, 2.75) is 24.2 Å². The summed E-state index contributed by atoms with van der Waals surface area (Å²) in [5, 5.41) is 2.88. The van der Waals surface area contributed by atoms with Crippen LogP contribution in [0.5, 0.6) is 5.75 Å². The molecule has 9 heteroatoms. The molecule has 158 valence electrons. The molecular formula is C19H30N2O6S. The Hall–Kier alpha value is -1.68. The van der Waals surface area contributed by atoms with Crippen LogP contribution in [0, 0.1) is 5.92 Å². The van der Waals surface area contributed by atoms with E-state index in [-0.39, 0.29) is 23.3 Å². The van der Waals surface area contributed by atoms with Crippen molar-refractivity contribution in [1.29, 1.82) is 0 Å². The van der Waals surface area contributed by atoms with E-state index in [1.807, 2.05) is 0 Å². The maximum atomic E-state index is 12.9. The highest BCUT2D eigenvalue weighted by Crippen LogP contribution is 2.25. The normalized spacial score (nSPS) is 18.0. The predicted molar refractivity (Wildman–Crippen MR) is 105 cm³/mol. The van der Waals surface area contributed by atoms with Crippen molar-refractivity contribution < 1.29 is 27.4 Å². The van der Waals surface area contributed by atoms with Crippen molar-refractivity contribution in [3.8, 4) is 5.75 Å². The first-order valence-electron chi connectivity index (χ1n) is 9.47. The number of carbonyl (C=O) groups is 1. The number of hydrogen-bond acceptors (Lipinski definition) is 6. The van der Waals surface area contributed by atoms with Gasteiger partial charge in [-0.1, -0.05) is 0 Å². The maximum absolute atomic E-state index is 12.9. The zero-order chi connectivity index (χ0) is 20.4. The van der Waals surface area contributed by atoms with Crippen LogP contribution in [0.4, 0.5) is 0 Å². The first kappa shape index (κ1) is 22.6. The van der Waals surface area contributed by atoms with E-state index in [9.17, 15) is 13.2 Å². The van der Waals surface area contributed by atoms with Crippen LogP contribution in [0.2, 0.25) is 0 Å². The third-order valence-corrected chi connectivity index (χ3v) is 6.53. The number of benzene rings is 1. The number of methoxy groups -OCH3 is 2. The summed E-state index contributed by atoms with van der Waals surface area (Å²) in [6.45, 7) is 2.76. The van der Waals surface area contributed by atoms with Crippen LogP contribution in [-0.2, 0) is 24.3 Å². The Kier molecular flexibility index (Phi) is 9.17. The summed E-state index contributed by atoms with van der Waals surface area (Å²) in [7, 11) is -0.478. The average molecular weight is 415 g/mol. The molecule has 1 atom stereocenters. The van der Waals surface area contributed by atoms with Crippen molar-refractivity contribution in [2.75, 3.05) is 53.7 Å².